The van der Waals surface area contributed by atoms with Crippen molar-refractivity contribution in [2.45, 2.75) is 75.4 Å². The Morgan fingerprint density at radius 1 is 0.944 bits per heavy atom. The average molecular weight is 245 g/mol. The van der Waals surface area contributed by atoms with Gasteiger partial charge in [-0.3, -0.25) is 9.69 Å². The first-order valence-corrected chi connectivity index (χ1v) is 8.04. The minimum Gasteiger partial charge on any atom is -0.300 e. The number of hydrogen-bond donors (Lipinski definition) is 0. The topological polar surface area (TPSA) is 20.3 Å². The Hall–Kier alpha value is -0.370. The highest BCUT2D eigenvalue weighted by Gasteiger charge is 2.61. The lowest BCUT2D eigenvalue weighted by Gasteiger charge is -2.52. The first-order chi connectivity index (χ1) is 8.73. The van der Waals surface area contributed by atoms with Gasteiger partial charge in [0.15, 0.2) is 0 Å². The highest BCUT2D eigenvalue weighted by Crippen LogP contribution is 2.64. The van der Waals surface area contributed by atoms with Crippen LogP contribution in [0.3, 0.4) is 0 Å². The molecule has 4 saturated carbocycles. The van der Waals surface area contributed by atoms with Crippen LogP contribution in [0, 0.1) is 17.8 Å². The number of carbonyl (C=O) groups is 1. The summed E-state index contributed by atoms with van der Waals surface area (Å²) in [5, 5.41) is 0. The molecule has 2 nitrogen and oxygen atoms in total. The molecule has 6 fully saturated rings. The maximum Gasteiger partial charge on any atom is 0.136 e. The van der Waals surface area contributed by atoms with Crippen molar-refractivity contribution in [3.63, 3.8) is 0 Å². The predicted molar refractivity (Wildman–Crippen MR) is 69.2 cm³/mol. The molecule has 6 bridgehead atoms. The lowest BCUT2D eigenvalue weighted by molar-refractivity contribution is -0.127. The first kappa shape index (κ1) is 10.4. The Kier molecular flexibility index (Phi) is 1.85. The second-order valence-corrected chi connectivity index (χ2v) is 7.93. The number of Topliss-reactive ketones (excluding diaryl/α,β-unsaturated/α-hetero) is 1. The van der Waals surface area contributed by atoms with Gasteiger partial charge >= 0.3 is 0 Å². The average Bonchev–Trinajstić information content (AvgIpc) is 2.85. The summed E-state index contributed by atoms with van der Waals surface area (Å²) in [6, 6.07) is 1.26. The highest BCUT2D eigenvalue weighted by atomic mass is 16.1. The molecule has 98 valence electrons. The molecule has 6 aliphatic rings. The predicted octanol–water partition coefficient (Wildman–Crippen LogP) is 2.76. The van der Waals surface area contributed by atoms with Crippen molar-refractivity contribution in [3.05, 3.63) is 0 Å². The van der Waals surface area contributed by atoms with E-state index in [4.69, 9.17) is 0 Å². The second kappa shape index (κ2) is 3.20. The van der Waals surface area contributed by atoms with Crippen molar-refractivity contribution in [2.75, 3.05) is 0 Å². The van der Waals surface area contributed by atoms with Gasteiger partial charge < -0.3 is 0 Å². The fraction of sp³-hybridized carbons (Fsp3) is 0.938. The third-order valence-corrected chi connectivity index (χ3v) is 6.99. The second-order valence-electron chi connectivity index (χ2n) is 7.93. The fourth-order valence-electron chi connectivity index (χ4n) is 6.83. The molecule has 4 aliphatic carbocycles. The van der Waals surface area contributed by atoms with Crippen LogP contribution in [0.5, 0.6) is 0 Å². The minimum absolute atomic E-state index is 0.547. The van der Waals surface area contributed by atoms with Crippen molar-refractivity contribution in [1.29, 1.82) is 0 Å². The molecule has 0 spiro atoms. The Morgan fingerprint density at radius 2 is 1.56 bits per heavy atom. The number of piperidine rings is 1. The molecule has 2 saturated heterocycles. The standard InChI is InChI=1S/C16H23NO/c18-15-5-13-1-2-14(6-15)17(13)16-7-10-3-11(8-16)12(4-10)9-16/h10-14H,1-9H2. The van der Waals surface area contributed by atoms with Crippen LogP contribution in [-0.2, 0) is 4.79 Å². The van der Waals surface area contributed by atoms with Crippen LogP contribution < -0.4 is 0 Å². The summed E-state index contributed by atoms with van der Waals surface area (Å²) in [6.07, 6.45) is 11.9. The zero-order valence-electron chi connectivity index (χ0n) is 11.1. The molecular formula is C16H23NO. The van der Waals surface area contributed by atoms with E-state index in [0.29, 0.717) is 23.4 Å². The van der Waals surface area contributed by atoms with Crippen molar-refractivity contribution < 1.29 is 4.79 Å². The summed E-state index contributed by atoms with van der Waals surface area (Å²) in [5.41, 5.74) is 0.559. The van der Waals surface area contributed by atoms with Crippen molar-refractivity contribution in [3.8, 4) is 0 Å². The number of hydrogen-bond acceptors (Lipinski definition) is 2. The van der Waals surface area contributed by atoms with Crippen LogP contribution >= 0.6 is 0 Å². The van der Waals surface area contributed by atoms with E-state index in [1.807, 2.05) is 0 Å². The van der Waals surface area contributed by atoms with Crippen molar-refractivity contribution >= 4 is 5.78 Å². The van der Waals surface area contributed by atoms with Crippen LogP contribution in [0.1, 0.15) is 57.8 Å². The van der Waals surface area contributed by atoms with Gasteiger partial charge in [0.25, 0.3) is 0 Å². The molecule has 4 atom stereocenters. The first-order valence-electron chi connectivity index (χ1n) is 8.04. The summed E-state index contributed by atoms with van der Waals surface area (Å²) >= 11 is 0. The number of carbonyl (C=O) groups excluding carboxylic acids is 1. The molecule has 2 heteroatoms. The summed E-state index contributed by atoms with van der Waals surface area (Å²) in [6.45, 7) is 0. The number of fused-ring (bicyclic) bond motifs is 2. The zero-order chi connectivity index (χ0) is 11.9. The van der Waals surface area contributed by atoms with E-state index >= 15 is 0 Å². The summed E-state index contributed by atoms with van der Waals surface area (Å²) in [5.74, 6) is 3.70. The van der Waals surface area contributed by atoms with Gasteiger partial charge in [-0.25, -0.2) is 0 Å². The number of ketones is 1. The van der Waals surface area contributed by atoms with E-state index in [-0.39, 0.29) is 0 Å². The lowest BCUT2D eigenvalue weighted by atomic mass is 9.73. The molecule has 18 heavy (non-hydrogen) atoms. The Labute approximate surface area is 109 Å². The maximum atomic E-state index is 11.8. The van der Waals surface area contributed by atoms with Gasteiger partial charge in [0.1, 0.15) is 5.78 Å². The molecule has 6 rings (SSSR count). The third kappa shape index (κ3) is 1.16. The molecular weight excluding hydrogens is 222 g/mol. The minimum atomic E-state index is 0.547. The van der Waals surface area contributed by atoms with E-state index in [1.165, 1.54) is 44.9 Å². The van der Waals surface area contributed by atoms with Gasteiger partial charge in [0.05, 0.1) is 0 Å². The van der Waals surface area contributed by atoms with Crippen LogP contribution in [0.25, 0.3) is 0 Å². The molecule has 0 aromatic carbocycles. The maximum absolute atomic E-state index is 11.8. The van der Waals surface area contributed by atoms with Crippen molar-refractivity contribution in [2.24, 2.45) is 17.8 Å². The summed E-state index contributed by atoms with van der Waals surface area (Å²) in [7, 11) is 0. The monoisotopic (exact) mass is 245 g/mol. The SMILES string of the molecule is O=C1CC2CCC(C1)N2C12CC3CC(C1)C(C3)C2. The highest BCUT2D eigenvalue weighted by molar-refractivity contribution is 5.81. The molecule has 2 heterocycles. The van der Waals surface area contributed by atoms with Crippen LogP contribution in [-0.4, -0.2) is 28.3 Å². The van der Waals surface area contributed by atoms with Crippen molar-refractivity contribution in [1.82, 2.24) is 4.90 Å². The fourth-order valence-corrected chi connectivity index (χ4v) is 6.83. The Morgan fingerprint density at radius 3 is 2.11 bits per heavy atom. The molecule has 2 aliphatic heterocycles. The Balaban J connectivity index is 1.51. The zero-order valence-corrected chi connectivity index (χ0v) is 11.1. The molecule has 0 amide bonds. The van der Waals surface area contributed by atoms with E-state index < -0.39 is 0 Å². The van der Waals surface area contributed by atoms with Crippen LogP contribution in [0.15, 0.2) is 0 Å². The van der Waals surface area contributed by atoms with Gasteiger partial charge in [-0.15, -0.1) is 0 Å². The number of nitrogens with zero attached hydrogens (tertiary/aromatic N) is 1. The molecule has 0 N–H and O–H groups in total. The van der Waals surface area contributed by atoms with E-state index in [9.17, 15) is 4.79 Å². The third-order valence-electron chi connectivity index (χ3n) is 6.99. The Bertz CT molecular complexity index is 382. The van der Waals surface area contributed by atoms with E-state index in [0.717, 1.165) is 30.6 Å². The van der Waals surface area contributed by atoms with Crippen LogP contribution in [0.4, 0.5) is 0 Å². The largest absolute Gasteiger partial charge is 0.300 e. The molecule has 0 radical (unpaired) electrons. The summed E-state index contributed by atoms with van der Waals surface area (Å²) < 4.78 is 0. The van der Waals surface area contributed by atoms with Gasteiger partial charge in [-0.2, -0.15) is 0 Å². The van der Waals surface area contributed by atoms with E-state index in [1.54, 1.807) is 0 Å². The smallest absolute Gasteiger partial charge is 0.136 e. The van der Waals surface area contributed by atoms with Gasteiger partial charge in [-0.1, -0.05) is 0 Å². The number of rotatable bonds is 1. The normalized spacial score (nSPS) is 57.8. The molecule has 0 aromatic rings. The molecule has 4 unspecified atom stereocenters. The lowest BCUT2D eigenvalue weighted by Crippen LogP contribution is -2.58. The summed E-state index contributed by atoms with van der Waals surface area (Å²) in [4.78, 5) is 14.7. The quantitative estimate of drug-likeness (QED) is 0.708. The molecule has 0 aromatic heterocycles. The van der Waals surface area contributed by atoms with Gasteiger partial charge in [0, 0.05) is 30.5 Å². The van der Waals surface area contributed by atoms with Gasteiger partial charge in [0.2, 0.25) is 0 Å². The van der Waals surface area contributed by atoms with E-state index in [2.05, 4.69) is 4.90 Å². The van der Waals surface area contributed by atoms with Gasteiger partial charge in [-0.05, 0) is 62.7 Å². The van der Waals surface area contributed by atoms with Crippen LogP contribution in [0.2, 0.25) is 0 Å².